The minimum absolute atomic E-state index is 0.0596. The molecule has 1 atom stereocenters. The summed E-state index contributed by atoms with van der Waals surface area (Å²) in [6.45, 7) is 1.71. The molecule has 0 saturated heterocycles. The number of hydrogen-bond acceptors (Lipinski definition) is 4. The van der Waals surface area contributed by atoms with E-state index in [0.717, 1.165) is 0 Å². The molecule has 1 unspecified atom stereocenters. The van der Waals surface area contributed by atoms with Crippen LogP contribution in [0.4, 0.5) is 0 Å². The van der Waals surface area contributed by atoms with Crippen molar-refractivity contribution < 1.29 is 9.90 Å². The lowest BCUT2D eigenvalue weighted by Crippen LogP contribution is -2.37. The molecule has 1 rings (SSSR count). The van der Waals surface area contributed by atoms with Crippen LogP contribution in [-0.4, -0.2) is 45.6 Å². The highest BCUT2D eigenvalue weighted by Crippen LogP contribution is 2.03. The molecule has 0 aliphatic carbocycles. The van der Waals surface area contributed by atoms with Crippen molar-refractivity contribution in [3.05, 3.63) is 24.3 Å². The van der Waals surface area contributed by atoms with E-state index in [9.17, 15) is 4.79 Å². The van der Waals surface area contributed by atoms with Gasteiger partial charge < -0.3 is 10.0 Å². The Hall–Kier alpha value is -1.49. The number of hydrogen-bond donors (Lipinski definition) is 1. The summed E-state index contributed by atoms with van der Waals surface area (Å²) in [6.07, 6.45) is 4.28. The second kappa shape index (κ2) is 4.66. The van der Waals surface area contributed by atoms with Gasteiger partial charge in [-0.3, -0.25) is 4.79 Å². The van der Waals surface area contributed by atoms with Crippen molar-refractivity contribution in [1.29, 1.82) is 0 Å². The van der Waals surface area contributed by atoms with Gasteiger partial charge in [-0.25, -0.2) is 9.97 Å². The number of amides is 1. The third kappa shape index (κ3) is 2.26. The summed E-state index contributed by atoms with van der Waals surface area (Å²) in [5, 5.41) is 8.88. The molecule has 1 aromatic rings. The first-order chi connectivity index (χ1) is 6.66. The SMILES string of the molecule is CC(CO)N(C)C(=O)c1cncnc1. The molecular weight excluding hydrogens is 182 g/mol. The molecule has 0 spiro atoms. The molecule has 5 nitrogen and oxygen atoms in total. The maximum atomic E-state index is 11.7. The van der Waals surface area contributed by atoms with Crippen molar-refractivity contribution in [1.82, 2.24) is 14.9 Å². The second-order valence-electron chi connectivity index (χ2n) is 3.07. The number of nitrogens with zero attached hydrogens (tertiary/aromatic N) is 3. The Labute approximate surface area is 82.4 Å². The van der Waals surface area contributed by atoms with Gasteiger partial charge in [0, 0.05) is 19.4 Å². The van der Waals surface area contributed by atoms with Crippen LogP contribution in [0.5, 0.6) is 0 Å². The van der Waals surface area contributed by atoms with E-state index in [0.29, 0.717) is 5.56 Å². The van der Waals surface area contributed by atoms with Gasteiger partial charge in [0.25, 0.3) is 5.91 Å². The van der Waals surface area contributed by atoms with Crippen LogP contribution in [0.3, 0.4) is 0 Å². The van der Waals surface area contributed by atoms with Crippen molar-refractivity contribution in [3.8, 4) is 0 Å². The van der Waals surface area contributed by atoms with E-state index < -0.39 is 0 Å². The van der Waals surface area contributed by atoms with Crippen molar-refractivity contribution >= 4 is 5.91 Å². The Morgan fingerprint density at radius 2 is 2.14 bits per heavy atom. The fourth-order valence-corrected chi connectivity index (χ4v) is 0.936. The molecule has 0 radical (unpaired) electrons. The third-order valence-corrected chi connectivity index (χ3v) is 2.05. The average Bonchev–Trinajstić information content (AvgIpc) is 2.27. The van der Waals surface area contributed by atoms with Crippen LogP contribution in [0.2, 0.25) is 0 Å². The summed E-state index contributed by atoms with van der Waals surface area (Å²) in [6, 6.07) is -0.206. The van der Waals surface area contributed by atoms with Crippen LogP contribution in [0.1, 0.15) is 17.3 Å². The van der Waals surface area contributed by atoms with Gasteiger partial charge in [0.15, 0.2) is 0 Å². The highest BCUT2D eigenvalue weighted by atomic mass is 16.3. The highest BCUT2D eigenvalue weighted by molar-refractivity contribution is 5.93. The molecule has 1 heterocycles. The third-order valence-electron chi connectivity index (χ3n) is 2.05. The zero-order valence-corrected chi connectivity index (χ0v) is 8.21. The molecule has 76 valence electrons. The van der Waals surface area contributed by atoms with Crippen LogP contribution in [-0.2, 0) is 0 Å². The second-order valence-corrected chi connectivity index (χ2v) is 3.07. The average molecular weight is 195 g/mol. The zero-order valence-electron chi connectivity index (χ0n) is 8.21. The van der Waals surface area contributed by atoms with Gasteiger partial charge in [-0.2, -0.15) is 0 Å². The summed E-state index contributed by atoms with van der Waals surface area (Å²) < 4.78 is 0. The first kappa shape index (κ1) is 10.6. The molecular formula is C9H13N3O2. The molecule has 1 aromatic heterocycles. The number of aliphatic hydroxyl groups is 1. The fourth-order valence-electron chi connectivity index (χ4n) is 0.936. The van der Waals surface area contributed by atoms with Crippen molar-refractivity contribution in [2.24, 2.45) is 0 Å². The van der Waals surface area contributed by atoms with Gasteiger partial charge in [-0.05, 0) is 6.92 Å². The lowest BCUT2D eigenvalue weighted by molar-refractivity contribution is 0.0681. The van der Waals surface area contributed by atoms with Gasteiger partial charge in [-0.15, -0.1) is 0 Å². The highest BCUT2D eigenvalue weighted by Gasteiger charge is 2.16. The molecule has 0 aliphatic heterocycles. The maximum Gasteiger partial charge on any atom is 0.257 e. The Kier molecular flexibility index (Phi) is 3.53. The van der Waals surface area contributed by atoms with Crippen LogP contribution < -0.4 is 0 Å². The quantitative estimate of drug-likeness (QED) is 0.733. The maximum absolute atomic E-state index is 11.7. The van der Waals surface area contributed by atoms with Crippen LogP contribution >= 0.6 is 0 Å². The molecule has 0 bridgehead atoms. The van der Waals surface area contributed by atoms with Crippen LogP contribution in [0.25, 0.3) is 0 Å². The van der Waals surface area contributed by atoms with Crippen molar-refractivity contribution in [2.45, 2.75) is 13.0 Å². The van der Waals surface area contributed by atoms with E-state index in [-0.39, 0.29) is 18.6 Å². The topological polar surface area (TPSA) is 66.3 Å². The monoisotopic (exact) mass is 195 g/mol. The van der Waals surface area contributed by atoms with E-state index >= 15 is 0 Å². The summed E-state index contributed by atoms with van der Waals surface area (Å²) in [5.74, 6) is -0.188. The normalized spacial score (nSPS) is 12.2. The molecule has 0 aliphatic rings. The lowest BCUT2D eigenvalue weighted by Gasteiger charge is -2.22. The number of carbonyl (C=O) groups excluding carboxylic acids is 1. The number of likely N-dealkylation sites (N-methyl/N-ethyl adjacent to an activating group) is 1. The number of aliphatic hydroxyl groups excluding tert-OH is 1. The molecule has 14 heavy (non-hydrogen) atoms. The van der Waals surface area contributed by atoms with E-state index in [1.807, 2.05) is 0 Å². The number of aromatic nitrogens is 2. The molecule has 5 heteroatoms. The number of carbonyl (C=O) groups is 1. The lowest BCUT2D eigenvalue weighted by atomic mass is 10.2. The minimum atomic E-state index is -0.206. The zero-order chi connectivity index (χ0) is 10.6. The first-order valence-electron chi connectivity index (χ1n) is 4.30. The van der Waals surface area contributed by atoms with Gasteiger partial charge in [0.2, 0.25) is 0 Å². The summed E-state index contributed by atoms with van der Waals surface area (Å²) >= 11 is 0. The Bertz CT molecular complexity index is 302. The molecule has 0 saturated carbocycles. The van der Waals surface area contributed by atoms with Gasteiger partial charge >= 0.3 is 0 Å². The predicted molar refractivity (Wildman–Crippen MR) is 50.7 cm³/mol. The van der Waals surface area contributed by atoms with Gasteiger partial charge in [0.05, 0.1) is 18.2 Å². The van der Waals surface area contributed by atoms with E-state index in [1.54, 1.807) is 14.0 Å². The van der Waals surface area contributed by atoms with Gasteiger partial charge in [0.1, 0.15) is 6.33 Å². The smallest absolute Gasteiger partial charge is 0.257 e. The van der Waals surface area contributed by atoms with Gasteiger partial charge in [-0.1, -0.05) is 0 Å². The van der Waals surface area contributed by atoms with Crippen LogP contribution in [0.15, 0.2) is 18.7 Å². The Balaban J connectivity index is 2.76. The molecule has 0 aromatic carbocycles. The van der Waals surface area contributed by atoms with Crippen molar-refractivity contribution in [2.75, 3.05) is 13.7 Å². The largest absolute Gasteiger partial charge is 0.394 e. The fraction of sp³-hybridized carbons (Fsp3) is 0.444. The standard InChI is InChI=1S/C9H13N3O2/c1-7(5-13)12(2)9(14)8-3-10-6-11-4-8/h3-4,6-7,13H,5H2,1-2H3. The van der Waals surface area contributed by atoms with E-state index in [1.165, 1.54) is 23.6 Å². The summed E-state index contributed by atoms with van der Waals surface area (Å²) in [7, 11) is 1.64. The molecule has 1 N–H and O–H groups in total. The Morgan fingerprint density at radius 3 is 2.64 bits per heavy atom. The number of rotatable bonds is 3. The summed E-state index contributed by atoms with van der Waals surface area (Å²) in [5.41, 5.74) is 0.426. The molecule has 1 amide bonds. The molecule has 0 fully saturated rings. The first-order valence-corrected chi connectivity index (χ1v) is 4.30. The minimum Gasteiger partial charge on any atom is -0.394 e. The van der Waals surface area contributed by atoms with Crippen LogP contribution in [0, 0.1) is 0 Å². The van der Waals surface area contributed by atoms with E-state index in [4.69, 9.17) is 5.11 Å². The van der Waals surface area contributed by atoms with Crippen molar-refractivity contribution in [3.63, 3.8) is 0 Å². The summed E-state index contributed by atoms with van der Waals surface area (Å²) in [4.78, 5) is 20.6. The predicted octanol–water partition coefficient (Wildman–Crippen LogP) is -0.0706. The Morgan fingerprint density at radius 1 is 1.57 bits per heavy atom. The van der Waals surface area contributed by atoms with E-state index in [2.05, 4.69) is 9.97 Å².